The van der Waals surface area contributed by atoms with Crippen LogP contribution in [0.3, 0.4) is 0 Å². The van der Waals surface area contributed by atoms with Crippen LogP contribution in [0.5, 0.6) is 0 Å². The lowest BCUT2D eigenvalue weighted by atomic mass is 10.1. The second kappa shape index (κ2) is 6.17. The molecule has 0 aliphatic heterocycles. The van der Waals surface area contributed by atoms with Gasteiger partial charge in [0.05, 0.1) is 0 Å². The molecule has 1 unspecified atom stereocenters. The number of thiazole rings is 1. The van der Waals surface area contributed by atoms with E-state index in [1.807, 2.05) is 5.38 Å². The van der Waals surface area contributed by atoms with Crippen molar-refractivity contribution in [2.45, 2.75) is 25.8 Å². The number of aryl methyl sites for hydroxylation is 1. The van der Waals surface area contributed by atoms with Crippen LogP contribution in [0.2, 0.25) is 0 Å². The van der Waals surface area contributed by atoms with Crippen molar-refractivity contribution in [2.24, 2.45) is 0 Å². The third-order valence-corrected chi connectivity index (χ3v) is 4.04. The summed E-state index contributed by atoms with van der Waals surface area (Å²) in [4.78, 5) is 4.33. The molecule has 0 aliphatic carbocycles. The van der Waals surface area contributed by atoms with Gasteiger partial charge in [-0.1, -0.05) is 30.3 Å². The minimum absolute atomic E-state index is 0.438. The highest BCUT2D eigenvalue weighted by Gasteiger charge is 2.05. The molecule has 0 aliphatic rings. The number of benzene rings is 1. The third-order valence-electron chi connectivity index (χ3n) is 2.55. The first kappa shape index (κ1) is 12.6. The molecule has 0 bridgehead atoms. The highest BCUT2D eigenvalue weighted by atomic mass is 79.9. The summed E-state index contributed by atoms with van der Waals surface area (Å²) < 4.78 is 0.903. The minimum atomic E-state index is 0.438. The van der Waals surface area contributed by atoms with Crippen LogP contribution >= 0.6 is 27.3 Å². The predicted molar refractivity (Wildman–Crippen MR) is 77.7 cm³/mol. The normalized spacial score (nSPS) is 12.4. The first-order chi connectivity index (χ1) is 8.24. The van der Waals surface area contributed by atoms with Gasteiger partial charge in [0.25, 0.3) is 0 Å². The van der Waals surface area contributed by atoms with Crippen LogP contribution in [0, 0.1) is 0 Å². The van der Waals surface area contributed by atoms with Crippen LogP contribution in [0.25, 0.3) is 0 Å². The zero-order valence-corrected chi connectivity index (χ0v) is 12.1. The summed E-state index contributed by atoms with van der Waals surface area (Å²) in [5.74, 6) is 0. The number of rotatable bonds is 5. The van der Waals surface area contributed by atoms with Gasteiger partial charge in [-0.3, -0.25) is 0 Å². The van der Waals surface area contributed by atoms with Crippen LogP contribution in [-0.4, -0.2) is 11.0 Å². The summed E-state index contributed by atoms with van der Waals surface area (Å²) in [6.45, 7) is 2.19. The Morgan fingerprint density at radius 3 is 2.76 bits per heavy atom. The molecule has 2 nitrogen and oxygen atoms in total. The Balaban J connectivity index is 1.80. The average molecular weight is 311 g/mol. The molecule has 0 spiro atoms. The molecule has 2 aromatic rings. The molecule has 1 N–H and O–H groups in total. The SMILES string of the molecule is CC(CCc1ccccc1)Nc1nc(Br)cs1. The van der Waals surface area contributed by atoms with Crippen LogP contribution in [0.4, 0.5) is 5.13 Å². The first-order valence-electron chi connectivity index (χ1n) is 5.65. The number of anilines is 1. The van der Waals surface area contributed by atoms with E-state index in [9.17, 15) is 0 Å². The smallest absolute Gasteiger partial charge is 0.183 e. The van der Waals surface area contributed by atoms with E-state index in [0.29, 0.717) is 6.04 Å². The summed E-state index contributed by atoms with van der Waals surface area (Å²) in [5, 5.41) is 6.39. The van der Waals surface area contributed by atoms with Gasteiger partial charge in [-0.05, 0) is 41.3 Å². The lowest BCUT2D eigenvalue weighted by Gasteiger charge is -2.12. The van der Waals surface area contributed by atoms with Gasteiger partial charge in [-0.2, -0.15) is 0 Å². The molecule has 17 heavy (non-hydrogen) atoms. The fraction of sp³-hybridized carbons (Fsp3) is 0.308. The Labute approximate surface area is 114 Å². The molecule has 0 saturated heterocycles. The van der Waals surface area contributed by atoms with Gasteiger partial charge in [0.15, 0.2) is 5.13 Å². The zero-order valence-electron chi connectivity index (χ0n) is 9.69. The summed E-state index contributed by atoms with van der Waals surface area (Å²) in [6, 6.07) is 11.0. The van der Waals surface area contributed by atoms with Crippen LogP contribution in [0.1, 0.15) is 18.9 Å². The third kappa shape index (κ3) is 4.13. The van der Waals surface area contributed by atoms with Crippen molar-refractivity contribution in [1.82, 2.24) is 4.98 Å². The average Bonchev–Trinajstić information content (AvgIpc) is 2.73. The molecule has 0 amide bonds. The fourth-order valence-corrected chi connectivity index (χ4v) is 2.89. The number of nitrogens with one attached hydrogen (secondary N) is 1. The standard InChI is InChI=1S/C13H15BrN2S/c1-10(15-13-16-12(14)9-17-13)7-8-11-5-3-2-4-6-11/h2-6,9-10H,7-8H2,1H3,(H,15,16). The molecule has 0 fully saturated rings. The van der Waals surface area contributed by atoms with Crippen molar-refractivity contribution in [2.75, 3.05) is 5.32 Å². The minimum Gasteiger partial charge on any atom is -0.359 e. The van der Waals surface area contributed by atoms with Gasteiger partial charge in [0, 0.05) is 11.4 Å². The molecule has 1 aromatic heterocycles. The Bertz CT molecular complexity index is 455. The van der Waals surface area contributed by atoms with Crippen molar-refractivity contribution in [3.05, 3.63) is 45.9 Å². The van der Waals surface area contributed by atoms with Crippen molar-refractivity contribution >= 4 is 32.4 Å². The first-order valence-corrected chi connectivity index (χ1v) is 7.33. The summed E-state index contributed by atoms with van der Waals surface area (Å²) in [6.07, 6.45) is 2.21. The van der Waals surface area contributed by atoms with Gasteiger partial charge in [-0.25, -0.2) is 4.98 Å². The van der Waals surface area contributed by atoms with E-state index in [4.69, 9.17) is 0 Å². The van der Waals surface area contributed by atoms with E-state index < -0.39 is 0 Å². The highest BCUT2D eigenvalue weighted by molar-refractivity contribution is 9.10. The monoisotopic (exact) mass is 310 g/mol. The topological polar surface area (TPSA) is 24.9 Å². The van der Waals surface area contributed by atoms with Crippen LogP contribution < -0.4 is 5.32 Å². The maximum atomic E-state index is 4.33. The van der Waals surface area contributed by atoms with Gasteiger partial charge < -0.3 is 5.32 Å². The van der Waals surface area contributed by atoms with E-state index in [0.717, 1.165) is 22.6 Å². The van der Waals surface area contributed by atoms with E-state index >= 15 is 0 Å². The molecule has 1 heterocycles. The number of hydrogen-bond acceptors (Lipinski definition) is 3. The number of aromatic nitrogens is 1. The second-order valence-corrected chi connectivity index (χ2v) is 5.72. The Kier molecular flexibility index (Phi) is 4.57. The summed E-state index contributed by atoms with van der Waals surface area (Å²) >= 11 is 4.99. The Morgan fingerprint density at radius 1 is 1.35 bits per heavy atom. The molecule has 0 radical (unpaired) electrons. The molecule has 4 heteroatoms. The molecule has 1 aromatic carbocycles. The van der Waals surface area contributed by atoms with E-state index in [-0.39, 0.29) is 0 Å². The lowest BCUT2D eigenvalue weighted by molar-refractivity contribution is 0.705. The van der Waals surface area contributed by atoms with Crippen LogP contribution in [0.15, 0.2) is 40.3 Å². The van der Waals surface area contributed by atoms with Crippen LogP contribution in [-0.2, 0) is 6.42 Å². The zero-order chi connectivity index (χ0) is 12.1. The highest BCUT2D eigenvalue weighted by Crippen LogP contribution is 2.20. The number of nitrogens with zero attached hydrogens (tertiary/aromatic N) is 1. The van der Waals surface area contributed by atoms with E-state index in [1.165, 1.54) is 5.56 Å². The number of hydrogen-bond donors (Lipinski definition) is 1. The summed E-state index contributed by atoms with van der Waals surface area (Å²) in [5.41, 5.74) is 1.39. The number of halogens is 1. The molecule has 2 rings (SSSR count). The molecular formula is C13H15BrN2S. The lowest BCUT2D eigenvalue weighted by Crippen LogP contribution is -2.15. The van der Waals surface area contributed by atoms with Crippen molar-refractivity contribution in [3.8, 4) is 0 Å². The largest absolute Gasteiger partial charge is 0.359 e. The van der Waals surface area contributed by atoms with Crippen molar-refractivity contribution < 1.29 is 0 Å². The van der Waals surface area contributed by atoms with Gasteiger partial charge in [-0.15, -0.1) is 11.3 Å². The maximum absolute atomic E-state index is 4.33. The van der Waals surface area contributed by atoms with Gasteiger partial charge in [0.1, 0.15) is 4.60 Å². The molecular weight excluding hydrogens is 296 g/mol. The van der Waals surface area contributed by atoms with E-state index in [1.54, 1.807) is 11.3 Å². The Hall–Kier alpha value is -0.870. The Morgan fingerprint density at radius 2 is 2.12 bits per heavy atom. The van der Waals surface area contributed by atoms with E-state index in [2.05, 4.69) is 63.5 Å². The van der Waals surface area contributed by atoms with Crippen molar-refractivity contribution in [1.29, 1.82) is 0 Å². The second-order valence-electron chi connectivity index (χ2n) is 4.05. The fourth-order valence-electron chi connectivity index (χ4n) is 1.63. The maximum Gasteiger partial charge on any atom is 0.183 e. The molecule has 90 valence electrons. The molecule has 0 saturated carbocycles. The van der Waals surface area contributed by atoms with Crippen molar-refractivity contribution in [3.63, 3.8) is 0 Å². The molecule has 1 atom stereocenters. The predicted octanol–water partition coefficient (Wildman–Crippen LogP) is 4.34. The van der Waals surface area contributed by atoms with Gasteiger partial charge in [0.2, 0.25) is 0 Å². The van der Waals surface area contributed by atoms with Gasteiger partial charge >= 0.3 is 0 Å². The summed E-state index contributed by atoms with van der Waals surface area (Å²) in [7, 11) is 0. The quantitative estimate of drug-likeness (QED) is 0.888.